The number of rotatable bonds is 1. The Morgan fingerprint density at radius 2 is 2.23 bits per heavy atom. The zero-order valence-corrected chi connectivity index (χ0v) is 8.37. The van der Waals surface area contributed by atoms with E-state index >= 15 is 0 Å². The lowest BCUT2D eigenvalue weighted by Crippen LogP contribution is -2.05. The van der Waals surface area contributed by atoms with Crippen LogP contribution in [0, 0.1) is 0 Å². The molecule has 0 saturated heterocycles. The summed E-state index contributed by atoms with van der Waals surface area (Å²) in [5.41, 5.74) is 2.29. The van der Waals surface area contributed by atoms with Gasteiger partial charge in [0.15, 0.2) is 0 Å². The Kier molecular flexibility index (Phi) is 1.98. The van der Waals surface area contributed by atoms with Gasteiger partial charge in [-0.25, -0.2) is 0 Å². The highest BCUT2D eigenvalue weighted by molar-refractivity contribution is 5.34. The summed E-state index contributed by atoms with van der Waals surface area (Å²) in [4.78, 5) is 4.58. The molecule has 2 heterocycles. The van der Waals surface area contributed by atoms with Crippen LogP contribution in [0.2, 0.25) is 0 Å². The van der Waals surface area contributed by atoms with Crippen molar-refractivity contribution < 1.29 is 4.74 Å². The second-order valence-corrected chi connectivity index (χ2v) is 3.97. The molecule has 0 radical (unpaired) electrons. The van der Waals surface area contributed by atoms with E-state index in [1.54, 1.807) is 0 Å². The molecule has 0 fully saturated rings. The number of hydrogen-bond acceptors (Lipinski definition) is 2. The summed E-state index contributed by atoms with van der Waals surface area (Å²) in [5, 5.41) is 0. The highest BCUT2D eigenvalue weighted by Gasteiger charge is 2.20. The molecule has 0 aliphatic carbocycles. The minimum atomic E-state index is 0.296. The molecule has 2 rings (SSSR count). The summed E-state index contributed by atoms with van der Waals surface area (Å²) < 4.78 is 5.58. The van der Waals surface area contributed by atoms with Crippen LogP contribution < -0.4 is 4.74 Å². The lowest BCUT2D eigenvalue weighted by molar-refractivity contribution is 0.254. The molecule has 0 bridgehead atoms. The van der Waals surface area contributed by atoms with Gasteiger partial charge < -0.3 is 4.74 Å². The van der Waals surface area contributed by atoms with Crippen LogP contribution in [0.4, 0.5) is 0 Å². The average Bonchev–Trinajstić information content (AvgIpc) is 2.42. The Morgan fingerprint density at radius 1 is 1.46 bits per heavy atom. The molecule has 13 heavy (non-hydrogen) atoms. The number of pyridine rings is 1. The number of nitrogens with zero attached hydrogens (tertiary/aromatic N) is 1. The fraction of sp³-hybridized carbons (Fsp3) is 0.545. The van der Waals surface area contributed by atoms with E-state index in [-0.39, 0.29) is 0 Å². The molecule has 1 atom stereocenters. The number of fused-ring (bicyclic) bond motifs is 1. The fourth-order valence-corrected chi connectivity index (χ4v) is 1.61. The molecule has 1 aliphatic heterocycles. The SMILES string of the molecule is CC1Cc2nc(C(C)C)ccc2O1. The molecule has 70 valence electrons. The maximum atomic E-state index is 5.58. The first-order chi connectivity index (χ1) is 6.16. The third kappa shape index (κ3) is 1.53. The van der Waals surface area contributed by atoms with Crippen molar-refractivity contribution >= 4 is 0 Å². The first-order valence-corrected chi connectivity index (χ1v) is 4.83. The van der Waals surface area contributed by atoms with Gasteiger partial charge in [-0.2, -0.15) is 0 Å². The maximum Gasteiger partial charge on any atom is 0.141 e. The molecule has 1 unspecified atom stereocenters. The Hall–Kier alpha value is -1.05. The van der Waals surface area contributed by atoms with E-state index in [9.17, 15) is 0 Å². The van der Waals surface area contributed by atoms with Gasteiger partial charge in [-0.05, 0) is 25.0 Å². The first-order valence-electron chi connectivity index (χ1n) is 4.83. The lowest BCUT2D eigenvalue weighted by Gasteiger charge is -2.05. The molecule has 1 aromatic rings. The van der Waals surface area contributed by atoms with Crippen LogP contribution in [0.1, 0.15) is 38.1 Å². The molecule has 2 nitrogen and oxygen atoms in total. The summed E-state index contributed by atoms with van der Waals surface area (Å²) in [6.07, 6.45) is 1.25. The van der Waals surface area contributed by atoms with Gasteiger partial charge in [0.2, 0.25) is 0 Å². The normalized spacial score (nSPS) is 20.2. The monoisotopic (exact) mass is 177 g/mol. The van der Waals surface area contributed by atoms with Crippen molar-refractivity contribution in [2.45, 2.75) is 39.2 Å². The lowest BCUT2D eigenvalue weighted by atomic mass is 10.1. The van der Waals surface area contributed by atoms with Gasteiger partial charge in [-0.3, -0.25) is 4.98 Å². The van der Waals surface area contributed by atoms with Crippen molar-refractivity contribution in [1.82, 2.24) is 4.98 Å². The van der Waals surface area contributed by atoms with Crippen LogP contribution in [0.15, 0.2) is 12.1 Å². The van der Waals surface area contributed by atoms with Crippen molar-refractivity contribution in [3.05, 3.63) is 23.5 Å². The Balaban J connectivity index is 2.35. The number of hydrogen-bond donors (Lipinski definition) is 0. The third-order valence-corrected chi connectivity index (χ3v) is 2.35. The maximum absolute atomic E-state index is 5.58. The summed E-state index contributed by atoms with van der Waals surface area (Å²) in [6, 6.07) is 4.10. The van der Waals surface area contributed by atoms with Gasteiger partial charge in [-0.1, -0.05) is 13.8 Å². The molecule has 0 aromatic carbocycles. The molecule has 0 amide bonds. The van der Waals surface area contributed by atoms with E-state index in [0.717, 1.165) is 23.6 Å². The standard InChI is InChI=1S/C11H15NO/c1-7(2)9-4-5-11-10(12-9)6-8(3)13-11/h4-5,7-8H,6H2,1-3H3. The van der Waals surface area contributed by atoms with Crippen molar-refractivity contribution in [2.75, 3.05) is 0 Å². The summed E-state index contributed by atoms with van der Waals surface area (Å²) in [7, 11) is 0. The van der Waals surface area contributed by atoms with E-state index in [0.29, 0.717) is 12.0 Å². The summed E-state index contributed by atoms with van der Waals surface area (Å²) in [5.74, 6) is 1.47. The van der Waals surface area contributed by atoms with Gasteiger partial charge in [0.05, 0.1) is 5.69 Å². The van der Waals surface area contributed by atoms with Crippen LogP contribution in [-0.4, -0.2) is 11.1 Å². The highest BCUT2D eigenvalue weighted by atomic mass is 16.5. The molecule has 0 saturated carbocycles. The second kappa shape index (κ2) is 3.02. The van der Waals surface area contributed by atoms with E-state index in [4.69, 9.17) is 4.74 Å². The zero-order valence-electron chi connectivity index (χ0n) is 8.37. The van der Waals surface area contributed by atoms with Crippen molar-refractivity contribution in [2.24, 2.45) is 0 Å². The molecule has 0 N–H and O–H groups in total. The fourth-order valence-electron chi connectivity index (χ4n) is 1.61. The number of aromatic nitrogens is 1. The summed E-state index contributed by atoms with van der Waals surface area (Å²) >= 11 is 0. The Morgan fingerprint density at radius 3 is 2.92 bits per heavy atom. The van der Waals surface area contributed by atoms with E-state index in [2.05, 4.69) is 31.8 Å². The van der Waals surface area contributed by atoms with Crippen LogP contribution >= 0.6 is 0 Å². The van der Waals surface area contributed by atoms with Crippen LogP contribution in [-0.2, 0) is 6.42 Å². The minimum Gasteiger partial charge on any atom is -0.488 e. The minimum absolute atomic E-state index is 0.296. The topological polar surface area (TPSA) is 22.1 Å². The zero-order chi connectivity index (χ0) is 9.42. The van der Waals surface area contributed by atoms with Gasteiger partial charge in [0.25, 0.3) is 0 Å². The molecule has 2 heteroatoms. The Labute approximate surface area is 78.9 Å². The van der Waals surface area contributed by atoms with Crippen molar-refractivity contribution in [3.8, 4) is 5.75 Å². The molecule has 1 aliphatic rings. The Bertz CT molecular complexity index is 320. The predicted molar refractivity (Wildman–Crippen MR) is 52.1 cm³/mol. The van der Waals surface area contributed by atoms with Crippen LogP contribution in [0.25, 0.3) is 0 Å². The average molecular weight is 177 g/mol. The van der Waals surface area contributed by atoms with Gasteiger partial charge in [-0.15, -0.1) is 0 Å². The van der Waals surface area contributed by atoms with Crippen molar-refractivity contribution in [3.63, 3.8) is 0 Å². The molecule has 1 aromatic heterocycles. The largest absolute Gasteiger partial charge is 0.488 e. The molecule has 0 spiro atoms. The predicted octanol–water partition coefficient (Wildman–Crippen LogP) is 2.53. The number of ether oxygens (including phenoxy) is 1. The van der Waals surface area contributed by atoms with Crippen LogP contribution in [0.3, 0.4) is 0 Å². The van der Waals surface area contributed by atoms with Crippen molar-refractivity contribution in [1.29, 1.82) is 0 Å². The molecular weight excluding hydrogens is 162 g/mol. The van der Waals surface area contributed by atoms with E-state index in [1.165, 1.54) is 0 Å². The van der Waals surface area contributed by atoms with Gasteiger partial charge >= 0.3 is 0 Å². The first kappa shape index (κ1) is 8.54. The quantitative estimate of drug-likeness (QED) is 0.657. The smallest absolute Gasteiger partial charge is 0.141 e. The highest BCUT2D eigenvalue weighted by Crippen LogP contribution is 2.28. The third-order valence-electron chi connectivity index (χ3n) is 2.35. The van der Waals surface area contributed by atoms with E-state index < -0.39 is 0 Å². The second-order valence-electron chi connectivity index (χ2n) is 3.97. The summed E-state index contributed by atoms with van der Waals surface area (Å²) in [6.45, 7) is 6.40. The van der Waals surface area contributed by atoms with Gasteiger partial charge in [0.1, 0.15) is 11.9 Å². The molecular formula is C11H15NO. The van der Waals surface area contributed by atoms with E-state index in [1.807, 2.05) is 6.07 Å². The van der Waals surface area contributed by atoms with Gasteiger partial charge in [0, 0.05) is 12.1 Å². The van der Waals surface area contributed by atoms with Crippen LogP contribution in [0.5, 0.6) is 5.75 Å².